The van der Waals surface area contributed by atoms with Crippen molar-refractivity contribution in [2.75, 3.05) is 40.5 Å². The Labute approximate surface area is 183 Å². The third kappa shape index (κ3) is 5.25. The van der Waals surface area contributed by atoms with E-state index in [0.717, 1.165) is 30.6 Å². The Hall–Kier alpha value is -1.31. The number of fused-ring (bicyclic) bond motifs is 1. The van der Waals surface area contributed by atoms with Crippen molar-refractivity contribution in [1.82, 2.24) is 9.80 Å². The zero-order valence-corrected chi connectivity index (χ0v) is 19.4. The quantitative estimate of drug-likeness (QED) is 0.631. The van der Waals surface area contributed by atoms with Crippen molar-refractivity contribution in [3.05, 3.63) is 57.6 Å². The minimum absolute atomic E-state index is 0.0931. The largest absolute Gasteiger partial charge is 0.484 e. The highest BCUT2D eigenvalue weighted by atomic mass is 35.5. The molecule has 8 heteroatoms. The molecule has 0 heterocycles. The van der Waals surface area contributed by atoms with Crippen LogP contribution in [0.15, 0.2) is 41.3 Å². The zero-order chi connectivity index (χ0) is 21.3. The Bertz CT molecular complexity index is 978. The van der Waals surface area contributed by atoms with Crippen molar-refractivity contribution >= 4 is 33.0 Å². The number of nitrogens with zero attached hydrogens (tertiary/aromatic N) is 2. The molecule has 1 aliphatic rings. The standard InChI is InChI=1S/C21H26Cl2N2O3S/c1-24(2)9-10-25(3)20-13-17-18(11-14(22)12-19(17)23)21(20)28-15-5-7-16(8-6-15)29(4,26)27/h5-8,11-12,20-21H,9-10,13H2,1-4H3. The van der Waals surface area contributed by atoms with E-state index in [1.54, 1.807) is 30.3 Å². The van der Waals surface area contributed by atoms with Crippen LogP contribution in [-0.4, -0.2) is 64.7 Å². The topological polar surface area (TPSA) is 49.9 Å². The number of halogens is 2. The van der Waals surface area contributed by atoms with E-state index in [0.29, 0.717) is 15.8 Å². The lowest BCUT2D eigenvalue weighted by atomic mass is 10.1. The van der Waals surface area contributed by atoms with Crippen molar-refractivity contribution in [3.63, 3.8) is 0 Å². The van der Waals surface area contributed by atoms with Gasteiger partial charge in [-0.15, -0.1) is 0 Å². The van der Waals surface area contributed by atoms with Gasteiger partial charge in [-0.2, -0.15) is 0 Å². The summed E-state index contributed by atoms with van der Waals surface area (Å²) in [4.78, 5) is 4.68. The molecule has 2 unspecified atom stereocenters. The van der Waals surface area contributed by atoms with Gasteiger partial charge in [0.05, 0.1) is 10.9 Å². The number of hydrogen-bond acceptors (Lipinski definition) is 5. The molecular formula is C21H26Cl2N2O3S. The predicted molar refractivity (Wildman–Crippen MR) is 118 cm³/mol. The van der Waals surface area contributed by atoms with Crippen LogP contribution in [0.3, 0.4) is 0 Å². The molecule has 0 saturated heterocycles. The van der Waals surface area contributed by atoms with Gasteiger partial charge in [-0.3, -0.25) is 4.90 Å². The fourth-order valence-electron chi connectivity index (χ4n) is 3.58. The highest BCUT2D eigenvalue weighted by molar-refractivity contribution is 7.90. The molecule has 0 spiro atoms. The van der Waals surface area contributed by atoms with E-state index < -0.39 is 9.84 Å². The number of ether oxygens (including phenoxy) is 1. The van der Waals surface area contributed by atoms with Crippen LogP contribution < -0.4 is 4.74 Å². The van der Waals surface area contributed by atoms with Crippen LogP contribution in [0.5, 0.6) is 5.75 Å². The molecule has 0 bridgehead atoms. The summed E-state index contributed by atoms with van der Waals surface area (Å²) in [5, 5.41) is 1.23. The van der Waals surface area contributed by atoms with E-state index in [1.165, 1.54) is 6.26 Å². The predicted octanol–water partition coefficient (Wildman–Crippen LogP) is 3.94. The van der Waals surface area contributed by atoms with Crippen LogP contribution in [0.2, 0.25) is 10.0 Å². The number of hydrogen-bond donors (Lipinski definition) is 0. The molecule has 0 amide bonds. The van der Waals surface area contributed by atoms with Crippen molar-refractivity contribution < 1.29 is 13.2 Å². The molecule has 1 aliphatic carbocycles. The van der Waals surface area contributed by atoms with Crippen molar-refractivity contribution in [2.24, 2.45) is 0 Å². The monoisotopic (exact) mass is 456 g/mol. The Kier molecular flexibility index (Phi) is 6.81. The normalized spacial score (nSPS) is 19.0. The molecule has 3 rings (SSSR count). The smallest absolute Gasteiger partial charge is 0.175 e. The molecule has 5 nitrogen and oxygen atoms in total. The molecule has 0 saturated carbocycles. The van der Waals surface area contributed by atoms with Gasteiger partial charge in [0, 0.05) is 35.0 Å². The first kappa shape index (κ1) is 22.4. The minimum Gasteiger partial charge on any atom is -0.484 e. The van der Waals surface area contributed by atoms with Crippen molar-refractivity contribution in [2.45, 2.75) is 23.5 Å². The van der Waals surface area contributed by atoms with Gasteiger partial charge in [0.15, 0.2) is 9.84 Å². The van der Waals surface area contributed by atoms with Gasteiger partial charge in [0.25, 0.3) is 0 Å². The average molecular weight is 457 g/mol. The summed E-state index contributed by atoms with van der Waals surface area (Å²) >= 11 is 12.7. The second-order valence-corrected chi connectivity index (χ2v) is 10.7. The Balaban J connectivity index is 1.91. The van der Waals surface area contributed by atoms with Crippen LogP contribution in [0.25, 0.3) is 0 Å². The Morgan fingerprint density at radius 3 is 2.31 bits per heavy atom. The lowest BCUT2D eigenvalue weighted by Gasteiger charge is -2.31. The molecule has 29 heavy (non-hydrogen) atoms. The van der Waals surface area contributed by atoms with Crippen molar-refractivity contribution in [1.29, 1.82) is 0 Å². The first-order valence-corrected chi connectivity index (χ1v) is 12.0. The number of likely N-dealkylation sites (N-methyl/N-ethyl adjacent to an activating group) is 2. The Morgan fingerprint density at radius 1 is 1.07 bits per heavy atom. The number of rotatable bonds is 7. The van der Waals surface area contributed by atoms with E-state index in [-0.39, 0.29) is 17.0 Å². The minimum atomic E-state index is -3.25. The van der Waals surface area contributed by atoms with E-state index >= 15 is 0 Å². The van der Waals surface area contributed by atoms with Crippen LogP contribution in [-0.2, 0) is 16.3 Å². The van der Waals surface area contributed by atoms with Crippen LogP contribution >= 0.6 is 23.2 Å². The molecule has 0 N–H and O–H groups in total. The summed E-state index contributed by atoms with van der Waals surface area (Å²) in [6.45, 7) is 1.80. The molecule has 2 atom stereocenters. The third-order valence-electron chi connectivity index (χ3n) is 5.25. The number of benzene rings is 2. The molecule has 2 aromatic carbocycles. The summed E-state index contributed by atoms with van der Waals surface area (Å²) in [5.74, 6) is 0.609. The lowest BCUT2D eigenvalue weighted by molar-refractivity contribution is 0.0907. The third-order valence-corrected chi connectivity index (χ3v) is 6.93. The van der Waals surface area contributed by atoms with Gasteiger partial charge in [-0.05, 0) is 69.5 Å². The molecule has 158 valence electrons. The maximum atomic E-state index is 11.7. The van der Waals surface area contributed by atoms with Crippen molar-refractivity contribution in [3.8, 4) is 5.75 Å². The second-order valence-electron chi connectivity index (χ2n) is 7.79. The molecule has 2 aromatic rings. The molecule has 0 aromatic heterocycles. The van der Waals surface area contributed by atoms with E-state index in [2.05, 4.69) is 16.8 Å². The molecule has 0 radical (unpaired) electrons. The second kappa shape index (κ2) is 8.82. The highest BCUT2D eigenvalue weighted by Gasteiger charge is 2.38. The maximum absolute atomic E-state index is 11.7. The average Bonchev–Trinajstić information content (AvgIpc) is 2.98. The first-order valence-electron chi connectivity index (χ1n) is 9.36. The van der Waals surface area contributed by atoms with E-state index in [4.69, 9.17) is 27.9 Å². The molecule has 0 fully saturated rings. The maximum Gasteiger partial charge on any atom is 0.175 e. The van der Waals surface area contributed by atoms with Gasteiger partial charge in [0.1, 0.15) is 11.9 Å². The van der Waals surface area contributed by atoms with Crippen LogP contribution in [0, 0.1) is 0 Å². The summed E-state index contributed by atoms with van der Waals surface area (Å²) < 4.78 is 29.8. The summed E-state index contributed by atoms with van der Waals surface area (Å²) in [7, 11) is 2.93. The summed E-state index contributed by atoms with van der Waals surface area (Å²) in [5.41, 5.74) is 2.03. The highest BCUT2D eigenvalue weighted by Crippen LogP contribution is 2.42. The SMILES string of the molecule is CN(C)CCN(C)C1Cc2c(Cl)cc(Cl)cc2C1Oc1ccc(S(C)(=O)=O)cc1. The fourth-order valence-corrected chi connectivity index (χ4v) is 4.80. The zero-order valence-electron chi connectivity index (χ0n) is 17.0. The molecule has 0 aliphatic heterocycles. The molecular weight excluding hydrogens is 431 g/mol. The Morgan fingerprint density at radius 2 is 1.72 bits per heavy atom. The number of sulfone groups is 1. The van der Waals surface area contributed by atoms with Crippen LogP contribution in [0.4, 0.5) is 0 Å². The van der Waals surface area contributed by atoms with Gasteiger partial charge in [-0.25, -0.2) is 8.42 Å². The van der Waals surface area contributed by atoms with Gasteiger partial charge >= 0.3 is 0 Å². The lowest BCUT2D eigenvalue weighted by Crippen LogP contribution is -2.40. The van der Waals surface area contributed by atoms with E-state index in [9.17, 15) is 8.42 Å². The summed E-state index contributed by atoms with van der Waals surface area (Å²) in [6.07, 6.45) is 1.70. The van der Waals surface area contributed by atoms with Crippen LogP contribution in [0.1, 0.15) is 17.2 Å². The van der Waals surface area contributed by atoms with Gasteiger partial charge in [0.2, 0.25) is 0 Å². The summed E-state index contributed by atoms with van der Waals surface area (Å²) in [6, 6.07) is 10.3. The van der Waals surface area contributed by atoms with Gasteiger partial charge in [-0.1, -0.05) is 23.2 Å². The van der Waals surface area contributed by atoms with Gasteiger partial charge < -0.3 is 9.64 Å². The van der Waals surface area contributed by atoms with E-state index in [1.807, 2.05) is 20.2 Å². The fraction of sp³-hybridized carbons (Fsp3) is 0.429. The first-order chi connectivity index (χ1) is 13.6.